The first-order chi connectivity index (χ1) is 16.9. The van der Waals surface area contributed by atoms with E-state index in [0.29, 0.717) is 9.40 Å². The van der Waals surface area contributed by atoms with Crippen LogP contribution in [-0.2, 0) is 9.47 Å². The first-order valence-electron chi connectivity index (χ1n) is 10.9. The molecular formula is C26H20F6O2S2. The lowest BCUT2D eigenvalue weighted by atomic mass is 9.91. The van der Waals surface area contributed by atoms with Crippen LogP contribution in [-0.4, -0.2) is 31.7 Å². The Morgan fingerprint density at radius 3 is 1.86 bits per heavy atom. The van der Waals surface area contributed by atoms with Gasteiger partial charge in [-0.25, -0.2) is 0 Å². The van der Waals surface area contributed by atoms with E-state index >= 15 is 26.3 Å². The van der Waals surface area contributed by atoms with Crippen molar-refractivity contribution in [2.45, 2.75) is 37.7 Å². The van der Waals surface area contributed by atoms with Crippen LogP contribution < -0.4 is 0 Å². The minimum Gasteiger partial charge on any atom is -0.359 e. The molecule has 10 heteroatoms. The van der Waals surface area contributed by atoms with Crippen LogP contribution in [0.4, 0.5) is 26.3 Å². The standard InChI is InChI=1S/C26H20F6O2S2/c1-13(34-12-33-3)23-20(16-9-5-7-11-18(16)36-23)22-21(24(27,28)26(31,32)25(22,29)30)19-14(2)35-17-10-6-4-8-15(17)19/h4-11,13H,12H2,1-3H3/t13-/m0/s1. The summed E-state index contributed by atoms with van der Waals surface area (Å²) in [6, 6.07) is 12.7. The fraction of sp³-hybridized carbons (Fsp3) is 0.308. The van der Waals surface area contributed by atoms with Crippen LogP contribution in [0.2, 0.25) is 0 Å². The highest BCUT2D eigenvalue weighted by Gasteiger charge is 2.80. The van der Waals surface area contributed by atoms with Gasteiger partial charge in [-0.15, -0.1) is 22.7 Å². The molecule has 1 aliphatic rings. The average molecular weight is 543 g/mol. The largest absolute Gasteiger partial charge is 0.380 e. The third-order valence-electron chi connectivity index (χ3n) is 6.37. The molecule has 1 atom stereocenters. The van der Waals surface area contributed by atoms with Gasteiger partial charge in [-0.05, 0) is 26.0 Å². The fourth-order valence-electron chi connectivity index (χ4n) is 4.72. The van der Waals surface area contributed by atoms with E-state index in [2.05, 4.69) is 0 Å². The summed E-state index contributed by atoms with van der Waals surface area (Å²) in [6.45, 7) is 2.83. The molecule has 1 aliphatic carbocycles. The highest BCUT2D eigenvalue weighted by atomic mass is 32.1. The summed E-state index contributed by atoms with van der Waals surface area (Å²) in [7, 11) is 1.37. The molecule has 36 heavy (non-hydrogen) atoms. The molecule has 0 bridgehead atoms. The lowest BCUT2D eigenvalue weighted by Gasteiger charge is -2.26. The Hall–Kier alpha value is -2.40. The summed E-state index contributed by atoms with van der Waals surface area (Å²) in [4.78, 5) is 0.396. The average Bonchev–Trinajstić information content (AvgIpc) is 3.40. The molecule has 0 N–H and O–H groups in total. The molecule has 0 amide bonds. The van der Waals surface area contributed by atoms with Crippen molar-refractivity contribution in [1.29, 1.82) is 0 Å². The van der Waals surface area contributed by atoms with Gasteiger partial charge in [0.2, 0.25) is 0 Å². The van der Waals surface area contributed by atoms with Gasteiger partial charge in [0.1, 0.15) is 6.79 Å². The fourth-order valence-corrected chi connectivity index (χ4v) is 7.00. The second kappa shape index (κ2) is 8.58. The molecule has 0 saturated heterocycles. The minimum atomic E-state index is -5.64. The Labute approximate surface area is 210 Å². The van der Waals surface area contributed by atoms with Gasteiger partial charge in [0, 0.05) is 59.3 Å². The SMILES string of the molecule is COCO[C@@H](C)c1sc2ccccc2c1C1=C(c2c(C)sc3ccccc23)C(F)(F)C(F)(F)C1(F)F. The Balaban J connectivity index is 1.95. The van der Waals surface area contributed by atoms with Crippen LogP contribution in [0.3, 0.4) is 0 Å². The van der Waals surface area contributed by atoms with E-state index in [1.807, 2.05) is 0 Å². The van der Waals surface area contributed by atoms with E-state index in [9.17, 15) is 0 Å². The van der Waals surface area contributed by atoms with Gasteiger partial charge in [-0.1, -0.05) is 36.4 Å². The summed E-state index contributed by atoms with van der Waals surface area (Å²) in [6.07, 6.45) is -0.884. The Kier molecular flexibility index (Phi) is 6.02. The molecule has 2 heterocycles. The zero-order chi connectivity index (χ0) is 26.0. The van der Waals surface area contributed by atoms with Crippen molar-refractivity contribution >= 4 is 54.0 Å². The summed E-state index contributed by atoms with van der Waals surface area (Å²) >= 11 is 2.14. The smallest absolute Gasteiger partial charge is 0.359 e. The molecule has 2 aromatic carbocycles. The maximum Gasteiger partial charge on any atom is 0.380 e. The number of methoxy groups -OCH3 is 1. The molecule has 0 spiro atoms. The van der Waals surface area contributed by atoms with Gasteiger partial charge in [-0.2, -0.15) is 26.3 Å². The normalized spacial score (nSPS) is 19.5. The molecule has 5 rings (SSSR count). The van der Waals surface area contributed by atoms with Crippen LogP contribution in [0.1, 0.15) is 33.9 Å². The molecule has 2 aromatic heterocycles. The first kappa shape index (κ1) is 25.3. The second-order valence-corrected chi connectivity index (χ2v) is 10.9. The number of aryl methyl sites for hydroxylation is 1. The summed E-state index contributed by atoms with van der Waals surface area (Å²) in [5.41, 5.74) is -3.31. The molecule has 4 aromatic rings. The molecule has 2 nitrogen and oxygen atoms in total. The number of thiophene rings is 2. The molecule has 0 saturated carbocycles. The van der Waals surface area contributed by atoms with Crippen molar-refractivity contribution in [3.8, 4) is 0 Å². The number of allylic oxidation sites excluding steroid dienone is 2. The van der Waals surface area contributed by atoms with Crippen molar-refractivity contribution in [2.24, 2.45) is 0 Å². The van der Waals surface area contributed by atoms with Gasteiger partial charge in [-0.3, -0.25) is 0 Å². The molecule has 0 aliphatic heterocycles. The van der Waals surface area contributed by atoms with E-state index in [1.165, 1.54) is 26.2 Å². The van der Waals surface area contributed by atoms with Crippen molar-refractivity contribution in [3.63, 3.8) is 0 Å². The lowest BCUT2D eigenvalue weighted by molar-refractivity contribution is -0.254. The number of alkyl halides is 6. The quantitative estimate of drug-likeness (QED) is 0.179. The molecular weight excluding hydrogens is 522 g/mol. The predicted octanol–water partition coefficient (Wildman–Crippen LogP) is 8.94. The van der Waals surface area contributed by atoms with Gasteiger partial charge in [0.05, 0.1) is 6.10 Å². The topological polar surface area (TPSA) is 18.5 Å². The Morgan fingerprint density at radius 2 is 1.28 bits per heavy atom. The minimum absolute atomic E-state index is 0.145. The third-order valence-corrected chi connectivity index (χ3v) is 8.78. The van der Waals surface area contributed by atoms with Crippen LogP contribution in [0, 0.1) is 6.92 Å². The molecule has 190 valence electrons. The predicted molar refractivity (Wildman–Crippen MR) is 131 cm³/mol. The van der Waals surface area contributed by atoms with E-state index in [1.54, 1.807) is 43.3 Å². The van der Waals surface area contributed by atoms with E-state index in [4.69, 9.17) is 9.47 Å². The van der Waals surface area contributed by atoms with E-state index in [0.717, 1.165) is 22.7 Å². The molecule has 0 fully saturated rings. The maximum absolute atomic E-state index is 15.7. The number of rotatable bonds is 6. The summed E-state index contributed by atoms with van der Waals surface area (Å²) in [5.74, 6) is -15.9. The number of hydrogen-bond acceptors (Lipinski definition) is 4. The number of benzene rings is 2. The summed E-state index contributed by atoms with van der Waals surface area (Å²) < 4.78 is 104. The van der Waals surface area contributed by atoms with E-state index < -0.39 is 35.0 Å². The Bertz CT molecular complexity index is 1500. The molecule has 0 radical (unpaired) electrons. The van der Waals surface area contributed by atoms with Crippen LogP contribution in [0.25, 0.3) is 31.3 Å². The van der Waals surface area contributed by atoms with Crippen LogP contribution >= 0.6 is 22.7 Å². The highest BCUT2D eigenvalue weighted by molar-refractivity contribution is 7.19. The van der Waals surface area contributed by atoms with Gasteiger partial charge in [0.25, 0.3) is 0 Å². The summed E-state index contributed by atoms with van der Waals surface area (Å²) in [5, 5.41) is 0.411. The third kappa shape index (κ3) is 3.38. The van der Waals surface area contributed by atoms with Crippen molar-refractivity contribution in [1.82, 2.24) is 0 Å². The monoisotopic (exact) mass is 542 g/mol. The number of halogens is 6. The first-order valence-corrected chi connectivity index (χ1v) is 12.6. The zero-order valence-corrected chi connectivity index (χ0v) is 20.9. The van der Waals surface area contributed by atoms with Crippen LogP contribution in [0.5, 0.6) is 0 Å². The van der Waals surface area contributed by atoms with Crippen molar-refractivity contribution < 1.29 is 35.8 Å². The van der Waals surface area contributed by atoms with Gasteiger partial charge < -0.3 is 9.47 Å². The number of fused-ring (bicyclic) bond motifs is 2. The van der Waals surface area contributed by atoms with Gasteiger partial charge in [0.15, 0.2) is 0 Å². The number of ether oxygens (including phenoxy) is 2. The van der Waals surface area contributed by atoms with Crippen LogP contribution in [0.15, 0.2) is 48.5 Å². The number of hydrogen-bond donors (Lipinski definition) is 0. The molecule has 0 unspecified atom stereocenters. The maximum atomic E-state index is 15.7. The Morgan fingerprint density at radius 1 is 0.778 bits per heavy atom. The highest BCUT2D eigenvalue weighted by Crippen LogP contribution is 2.67. The second-order valence-electron chi connectivity index (χ2n) is 8.56. The van der Waals surface area contributed by atoms with Crippen molar-refractivity contribution in [2.75, 3.05) is 13.9 Å². The zero-order valence-electron chi connectivity index (χ0n) is 19.3. The van der Waals surface area contributed by atoms with E-state index in [-0.39, 0.29) is 38.4 Å². The van der Waals surface area contributed by atoms with Crippen molar-refractivity contribution in [3.05, 3.63) is 69.4 Å². The lowest BCUT2D eigenvalue weighted by Crippen LogP contribution is -2.49. The van der Waals surface area contributed by atoms with Gasteiger partial charge >= 0.3 is 17.8 Å².